The SMILES string of the molecule is CSCCCC(N)Cc1ccc(Cl)cc1. The monoisotopic (exact) mass is 243 g/mol. The van der Waals surface area contributed by atoms with Gasteiger partial charge in [0.15, 0.2) is 0 Å². The molecule has 1 rings (SSSR count). The minimum absolute atomic E-state index is 0.276. The van der Waals surface area contributed by atoms with Crippen LogP contribution in [0.2, 0.25) is 5.02 Å². The molecular weight excluding hydrogens is 226 g/mol. The summed E-state index contributed by atoms with van der Waals surface area (Å²) >= 11 is 7.70. The van der Waals surface area contributed by atoms with Crippen molar-refractivity contribution in [3.8, 4) is 0 Å². The van der Waals surface area contributed by atoms with Crippen molar-refractivity contribution >= 4 is 23.4 Å². The molecule has 0 amide bonds. The smallest absolute Gasteiger partial charge is 0.0406 e. The summed E-state index contributed by atoms with van der Waals surface area (Å²) in [5.41, 5.74) is 7.32. The molecule has 0 bridgehead atoms. The Hall–Kier alpha value is -0.180. The predicted molar refractivity (Wildman–Crippen MR) is 70.7 cm³/mol. The Bertz CT molecular complexity index is 273. The topological polar surface area (TPSA) is 26.0 Å². The lowest BCUT2D eigenvalue weighted by atomic mass is 10.0. The number of hydrogen-bond donors (Lipinski definition) is 1. The van der Waals surface area contributed by atoms with Crippen molar-refractivity contribution in [3.63, 3.8) is 0 Å². The van der Waals surface area contributed by atoms with Gasteiger partial charge < -0.3 is 5.73 Å². The number of thioether (sulfide) groups is 1. The molecule has 15 heavy (non-hydrogen) atoms. The second kappa shape index (κ2) is 7.15. The standard InChI is InChI=1S/C12H18ClNS/c1-15-8-2-3-12(14)9-10-4-6-11(13)7-5-10/h4-7,12H,2-3,8-9,14H2,1H3. The first kappa shape index (κ1) is 12.9. The van der Waals surface area contributed by atoms with Crippen molar-refractivity contribution in [2.75, 3.05) is 12.0 Å². The summed E-state index contributed by atoms with van der Waals surface area (Å²) in [5.74, 6) is 1.20. The average Bonchev–Trinajstić information content (AvgIpc) is 2.22. The van der Waals surface area contributed by atoms with Gasteiger partial charge in [0.05, 0.1) is 0 Å². The summed E-state index contributed by atoms with van der Waals surface area (Å²) in [6.07, 6.45) is 5.38. The fraction of sp³-hybridized carbons (Fsp3) is 0.500. The Morgan fingerprint density at radius 1 is 1.33 bits per heavy atom. The van der Waals surface area contributed by atoms with Crippen LogP contribution in [-0.4, -0.2) is 18.1 Å². The normalized spacial score (nSPS) is 12.7. The van der Waals surface area contributed by atoms with Crippen LogP contribution in [0.15, 0.2) is 24.3 Å². The van der Waals surface area contributed by atoms with Crippen LogP contribution in [-0.2, 0) is 6.42 Å². The number of hydrogen-bond acceptors (Lipinski definition) is 2. The van der Waals surface area contributed by atoms with E-state index in [2.05, 4.69) is 18.4 Å². The van der Waals surface area contributed by atoms with E-state index in [0.717, 1.165) is 17.9 Å². The van der Waals surface area contributed by atoms with Gasteiger partial charge in [0.25, 0.3) is 0 Å². The van der Waals surface area contributed by atoms with Crippen molar-refractivity contribution in [3.05, 3.63) is 34.9 Å². The van der Waals surface area contributed by atoms with Crippen LogP contribution >= 0.6 is 23.4 Å². The van der Waals surface area contributed by atoms with E-state index in [1.807, 2.05) is 23.9 Å². The second-order valence-corrected chi connectivity index (χ2v) is 5.15. The molecule has 1 aromatic rings. The lowest BCUT2D eigenvalue weighted by Gasteiger charge is -2.11. The Kier molecular flexibility index (Phi) is 6.15. The van der Waals surface area contributed by atoms with E-state index in [0.29, 0.717) is 0 Å². The van der Waals surface area contributed by atoms with Crippen molar-refractivity contribution in [2.24, 2.45) is 5.73 Å². The average molecular weight is 244 g/mol. The molecule has 0 saturated carbocycles. The predicted octanol–water partition coefficient (Wildman–Crippen LogP) is 3.35. The molecule has 1 nitrogen and oxygen atoms in total. The van der Waals surface area contributed by atoms with Gasteiger partial charge in [0.2, 0.25) is 0 Å². The summed E-state index contributed by atoms with van der Waals surface area (Å²) in [6, 6.07) is 8.23. The quantitative estimate of drug-likeness (QED) is 0.776. The molecule has 3 heteroatoms. The van der Waals surface area contributed by atoms with Gasteiger partial charge in [-0.3, -0.25) is 0 Å². The molecule has 1 atom stereocenters. The molecule has 0 aliphatic rings. The van der Waals surface area contributed by atoms with Crippen molar-refractivity contribution in [1.29, 1.82) is 0 Å². The maximum atomic E-state index is 6.04. The first-order chi connectivity index (χ1) is 7.22. The molecule has 0 saturated heterocycles. The van der Waals surface area contributed by atoms with E-state index < -0.39 is 0 Å². The van der Waals surface area contributed by atoms with Crippen LogP contribution in [0, 0.1) is 0 Å². The zero-order valence-electron chi connectivity index (χ0n) is 9.08. The third kappa shape index (κ3) is 5.45. The number of benzene rings is 1. The van der Waals surface area contributed by atoms with Crippen molar-refractivity contribution in [1.82, 2.24) is 0 Å². The van der Waals surface area contributed by atoms with E-state index in [-0.39, 0.29) is 6.04 Å². The maximum absolute atomic E-state index is 6.04. The summed E-state index contributed by atoms with van der Waals surface area (Å²) < 4.78 is 0. The molecule has 0 spiro atoms. The van der Waals surface area contributed by atoms with Gasteiger partial charge in [-0.25, -0.2) is 0 Å². The highest BCUT2D eigenvalue weighted by atomic mass is 35.5. The highest BCUT2D eigenvalue weighted by Crippen LogP contribution is 2.12. The van der Waals surface area contributed by atoms with E-state index >= 15 is 0 Å². The van der Waals surface area contributed by atoms with Gasteiger partial charge in [0.1, 0.15) is 0 Å². The molecular formula is C12H18ClNS. The van der Waals surface area contributed by atoms with Crippen LogP contribution in [0.4, 0.5) is 0 Å². The van der Waals surface area contributed by atoms with E-state index in [9.17, 15) is 0 Å². The van der Waals surface area contributed by atoms with E-state index in [1.165, 1.54) is 17.7 Å². The molecule has 0 aliphatic carbocycles. The van der Waals surface area contributed by atoms with Gasteiger partial charge in [-0.1, -0.05) is 23.7 Å². The van der Waals surface area contributed by atoms with Gasteiger partial charge in [-0.15, -0.1) is 0 Å². The minimum Gasteiger partial charge on any atom is -0.327 e. The Balaban J connectivity index is 2.31. The number of halogens is 1. The molecule has 84 valence electrons. The van der Waals surface area contributed by atoms with Crippen LogP contribution < -0.4 is 5.73 Å². The Labute approximate surface area is 101 Å². The number of rotatable bonds is 6. The molecule has 1 aromatic carbocycles. The minimum atomic E-state index is 0.276. The highest BCUT2D eigenvalue weighted by molar-refractivity contribution is 7.98. The number of nitrogens with two attached hydrogens (primary N) is 1. The summed E-state index contributed by atoms with van der Waals surface area (Å²) in [7, 11) is 0. The zero-order valence-corrected chi connectivity index (χ0v) is 10.7. The second-order valence-electron chi connectivity index (χ2n) is 3.73. The van der Waals surface area contributed by atoms with Crippen LogP contribution in [0.5, 0.6) is 0 Å². The van der Waals surface area contributed by atoms with Gasteiger partial charge in [-0.2, -0.15) is 11.8 Å². The van der Waals surface area contributed by atoms with Gasteiger partial charge in [-0.05, 0) is 49.0 Å². The fourth-order valence-corrected chi connectivity index (χ4v) is 2.10. The van der Waals surface area contributed by atoms with Crippen molar-refractivity contribution < 1.29 is 0 Å². The molecule has 2 N–H and O–H groups in total. The molecule has 0 fully saturated rings. The third-order valence-electron chi connectivity index (χ3n) is 2.33. The molecule has 0 aromatic heterocycles. The van der Waals surface area contributed by atoms with Crippen LogP contribution in [0.3, 0.4) is 0 Å². The molecule has 0 heterocycles. The van der Waals surface area contributed by atoms with Gasteiger partial charge >= 0.3 is 0 Å². The Morgan fingerprint density at radius 2 is 2.00 bits per heavy atom. The fourth-order valence-electron chi connectivity index (χ4n) is 1.52. The van der Waals surface area contributed by atoms with E-state index in [4.69, 9.17) is 17.3 Å². The highest BCUT2D eigenvalue weighted by Gasteiger charge is 2.03. The lowest BCUT2D eigenvalue weighted by Crippen LogP contribution is -2.22. The van der Waals surface area contributed by atoms with Crippen LogP contribution in [0.25, 0.3) is 0 Å². The van der Waals surface area contributed by atoms with E-state index in [1.54, 1.807) is 0 Å². The first-order valence-electron chi connectivity index (χ1n) is 5.21. The summed E-state index contributed by atoms with van der Waals surface area (Å²) in [4.78, 5) is 0. The first-order valence-corrected chi connectivity index (χ1v) is 6.98. The maximum Gasteiger partial charge on any atom is 0.0406 e. The summed E-state index contributed by atoms with van der Waals surface area (Å²) in [5, 5.41) is 0.787. The third-order valence-corrected chi connectivity index (χ3v) is 3.28. The summed E-state index contributed by atoms with van der Waals surface area (Å²) in [6.45, 7) is 0. The molecule has 1 unspecified atom stereocenters. The molecule has 0 aliphatic heterocycles. The van der Waals surface area contributed by atoms with Gasteiger partial charge in [0, 0.05) is 11.1 Å². The van der Waals surface area contributed by atoms with Crippen molar-refractivity contribution in [2.45, 2.75) is 25.3 Å². The zero-order chi connectivity index (χ0) is 11.1. The lowest BCUT2D eigenvalue weighted by molar-refractivity contribution is 0.603. The Morgan fingerprint density at radius 3 is 2.60 bits per heavy atom. The molecule has 0 radical (unpaired) electrons. The largest absolute Gasteiger partial charge is 0.327 e. The van der Waals surface area contributed by atoms with Crippen LogP contribution in [0.1, 0.15) is 18.4 Å².